The second-order valence-electron chi connectivity index (χ2n) is 5.37. The molecule has 0 bridgehead atoms. The molecule has 21 heavy (non-hydrogen) atoms. The van der Waals surface area contributed by atoms with Crippen LogP contribution in [0.5, 0.6) is 0 Å². The maximum absolute atomic E-state index is 12.9. The number of hydrogen-bond acceptors (Lipinski definition) is 5. The number of sulfonamides is 1. The molecule has 0 aromatic carbocycles. The Kier molecular flexibility index (Phi) is 5.79. The molecule has 1 fully saturated rings. The molecule has 2 rings (SSSR count). The Morgan fingerprint density at radius 3 is 2.95 bits per heavy atom. The van der Waals surface area contributed by atoms with Crippen LogP contribution in [0.25, 0.3) is 0 Å². The second kappa shape index (κ2) is 7.19. The fourth-order valence-electron chi connectivity index (χ4n) is 2.65. The molecular weight excluding hydrogens is 308 g/mol. The first kappa shape index (κ1) is 16.9. The molecule has 2 N–H and O–H groups in total. The lowest BCUT2D eigenvalue weighted by molar-refractivity contribution is 0.0193. The Bertz CT molecular complexity index is 569. The highest BCUT2D eigenvalue weighted by Gasteiger charge is 2.33. The third-order valence-corrected chi connectivity index (χ3v) is 7.02. The molecule has 2 heterocycles. The van der Waals surface area contributed by atoms with Crippen LogP contribution in [0, 0.1) is 6.92 Å². The normalized spacial score (nSPS) is 20.8. The molecule has 0 aliphatic carbocycles. The molecule has 1 unspecified atom stereocenters. The summed E-state index contributed by atoms with van der Waals surface area (Å²) in [5.41, 5.74) is 6.47. The summed E-state index contributed by atoms with van der Waals surface area (Å²) in [7, 11) is -3.47. The van der Waals surface area contributed by atoms with Crippen molar-refractivity contribution in [2.24, 2.45) is 5.73 Å². The first-order chi connectivity index (χ1) is 10.0. The summed E-state index contributed by atoms with van der Waals surface area (Å²) in [5, 5.41) is 1.87. The van der Waals surface area contributed by atoms with Gasteiger partial charge in [-0.05, 0) is 37.1 Å². The van der Waals surface area contributed by atoms with Gasteiger partial charge in [0.1, 0.15) is 4.90 Å². The number of nitrogens with zero attached hydrogens (tertiary/aromatic N) is 1. The molecule has 1 saturated heterocycles. The number of ether oxygens (including phenoxy) is 1. The minimum absolute atomic E-state index is 0.00810. The number of thiophene rings is 1. The summed E-state index contributed by atoms with van der Waals surface area (Å²) < 4.78 is 33.1. The van der Waals surface area contributed by atoms with Crippen LogP contribution in [0.15, 0.2) is 10.3 Å². The molecule has 1 aromatic heterocycles. The van der Waals surface area contributed by atoms with Crippen LogP contribution in [-0.4, -0.2) is 38.5 Å². The molecular formula is C14H24N2O3S2. The monoisotopic (exact) mass is 332 g/mol. The van der Waals surface area contributed by atoms with Crippen LogP contribution in [0.1, 0.15) is 36.6 Å². The Hall–Kier alpha value is -0.470. The first-order valence-electron chi connectivity index (χ1n) is 7.39. The topological polar surface area (TPSA) is 72.6 Å². The van der Waals surface area contributed by atoms with Crippen LogP contribution < -0.4 is 5.73 Å². The van der Waals surface area contributed by atoms with Gasteiger partial charge in [0.15, 0.2) is 0 Å². The average Bonchev–Trinajstić information content (AvgIpc) is 2.87. The van der Waals surface area contributed by atoms with E-state index in [4.69, 9.17) is 10.5 Å². The minimum Gasteiger partial charge on any atom is -0.377 e. The van der Waals surface area contributed by atoms with E-state index in [9.17, 15) is 8.42 Å². The Labute approximate surface area is 131 Å². The lowest BCUT2D eigenvalue weighted by atomic mass is 10.1. The van der Waals surface area contributed by atoms with Gasteiger partial charge < -0.3 is 10.5 Å². The predicted octanol–water partition coefficient (Wildman–Crippen LogP) is 2.09. The van der Waals surface area contributed by atoms with Crippen molar-refractivity contribution >= 4 is 21.4 Å². The van der Waals surface area contributed by atoms with E-state index in [1.54, 1.807) is 4.31 Å². The Balaban J connectivity index is 2.20. The van der Waals surface area contributed by atoms with Crippen molar-refractivity contribution in [2.45, 2.75) is 50.7 Å². The molecule has 7 heteroatoms. The number of rotatable bonds is 6. The molecule has 1 aliphatic rings. The maximum atomic E-state index is 12.9. The van der Waals surface area contributed by atoms with Gasteiger partial charge in [0.2, 0.25) is 10.0 Å². The lowest BCUT2D eigenvalue weighted by Gasteiger charge is -2.32. The fraction of sp³-hybridized carbons (Fsp3) is 0.714. The zero-order valence-corrected chi connectivity index (χ0v) is 14.3. The number of piperidine rings is 1. The summed E-state index contributed by atoms with van der Waals surface area (Å²) >= 11 is 1.42. The van der Waals surface area contributed by atoms with Crippen LogP contribution in [0.2, 0.25) is 0 Å². The van der Waals surface area contributed by atoms with Crippen molar-refractivity contribution in [1.29, 1.82) is 0 Å². The molecule has 120 valence electrons. The van der Waals surface area contributed by atoms with Gasteiger partial charge in [0.25, 0.3) is 0 Å². The Morgan fingerprint density at radius 2 is 2.29 bits per heavy atom. The molecule has 0 amide bonds. The van der Waals surface area contributed by atoms with Crippen LogP contribution in [-0.2, 0) is 21.3 Å². The maximum Gasteiger partial charge on any atom is 0.244 e. The lowest BCUT2D eigenvalue weighted by Crippen LogP contribution is -2.43. The second-order valence-corrected chi connectivity index (χ2v) is 8.21. The van der Waals surface area contributed by atoms with Crippen molar-refractivity contribution in [3.05, 3.63) is 15.8 Å². The van der Waals surface area contributed by atoms with E-state index in [1.165, 1.54) is 11.3 Å². The largest absolute Gasteiger partial charge is 0.377 e. The highest BCUT2D eigenvalue weighted by molar-refractivity contribution is 7.89. The molecule has 0 spiro atoms. The van der Waals surface area contributed by atoms with Crippen molar-refractivity contribution < 1.29 is 13.2 Å². The standard InChI is InChI=1S/C14H24N2O3S2/c1-3-7-19-12-5-4-6-16(9-12)21(17,18)14-11(2)10-20-13(14)8-15/h10,12H,3-9,15H2,1-2H3. The van der Waals surface area contributed by atoms with E-state index in [0.29, 0.717) is 24.6 Å². The van der Waals surface area contributed by atoms with Gasteiger partial charge in [-0.25, -0.2) is 8.42 Å². The molecule has 0 saturated carbocycles. The van der Waals surface area contributed by atoms with Crippen molar-refractivity contribution in [2.75, 3.05) is 19.7 Å². The van der Waals surface area contributed by atoms with Crippen molar-refractivity contribution in [1.82, 2.24) is 4.31 Å². The van der Waals surface area contributed by atoms with Crippen molar-refractivity contribution in [3.8, 4) is 0 Å². The van der Waals surface area contributed by atoms with Gasteiger partial charge >= 0.3 is 0 Å². The van der Waals surface area contributed by atoms with Crippen LogP contribution in [0.3, 0.4) is 0 Å². The zero-order chi connectivity index (χ0) is 15.5. The number of hydrogen-bond donors (Lipinski definition) is 1. The quantitative estimate of drug-likeness (QED) is 0.866. The van der Waals surface area contributed by atoms with E-state index < -0.39 is 10.0 Å². The SMILES string of the molecule is CCCOC1CCCN(S(=O)(=O)c2c(C)csc2CN)C1. The summed E-state index contributed by atoms with van der Waals surface area (Å²) in [6.07, 6.45) is 2.73. The molecule has 5 nitrogen and oxygen atoms in total. The van der Waals surface area contributed by atoms with Gasteiger partial charge in [-0.2, -0.15) is 4.31 Å². The third-order valence-electron chi connectivity index (χ3n) is 3.67. The average molecular weight is 332 g/mol. The van der Waals surface area contributed by atoms with Gasteiger partial charge in [-0.15, -0.1) is 11.3 Å². The summed E-state index contributed by atoms with van der Waals surface area (Å²) in [5.74, 6) is 0. The Morgan fingerprint density at radius 1 is 1.52 bits per heavy atom. The van der Waals surface area contributed by atoms with Crippen LogP contribution in [0.4, 0.5) is 0 Å². The highest BCUT2D eigenvalue weighted by Crippen LogP contribution is 2.31. The first-order valence-corrected chi connectivity index (χ1v) is 9.71. The van der Waals surface area contributed by atoms with Gasteiger partial charge in [0.05, 0.1) is 6.10 Å². The number of nitrogens with two attached hydrogens (primary N) is 1. The van der Waals surface area contributed by atoms with Gasteiger partial charge in [-0.1, -0.05) is 6.92 Å². The molecule has 1 aromatic rings. The van der Waals surface area contributed by atoms with E-state index in [2.05, 4.69) is 6.92 Å². The van der Waals surface area contributed by atoms with Crippen LogP contribution >= 0.6 is 11.3 Å². The molecule has 0 radical (unpaired) electrons. The fourth-order valence-corrected chi connectivity index (χ4v) is 5.81. The number of aryl methyl sites for hydroxylation is 1. The summed E-state index contributed by atoms with van der Waals surface area (Å²) in [4.78, 5) is 1.15. The van der Waals surface area contributed by atoms with Gasteiger partial charge in [-0.3, -0.25) is 0 Å². The molecule has 1 atom stereocenters. The highest BCUT2D eigenvalue weighted by atomic mass is 32.2. The summed E-state index contributed by atoms with van der Waals surface area (Å²) in [6.45, 7) is 5.84. The van der Waals surface area contributed by atoms with E-state index in [0.717, 1.165) is 29.7 Å². The molecule has 1 aliphatic heterocycles. The van der Waals surface area contributed by atoms with E-state index in [-0.39, 0.29) is 12.6 Å². The third kappa shape index (κ3) is 3.65. The minimum atomic E-state index is -3.47. The smallest absolute Gasteiger partial charge is 0.244 e. The summed E-state index contributed by atoms with van der Waals surface area (Å²) in [6, 6.07) is 0. The predicted molar refractivity (Wildman–Crippen MR) is 85.0 cm³/mol. The zero-order valence-electron chi connectivity index (χ0n) is 12.7. The van der Waals surface area contributed by atoms with Gasteiger partial charge in [0, 0.05) is 31.1 Å². The van der Waals surface area contributed by atoms with E-state index >= 15 is 0 Å². The van der Waals surface area contributed by atoms with E-state index in [1.807, 2.05) is 12.3 Å². The van der Waals surface area contributed by atoms with Crippen molar-refractivity contribution in [3.63, 3.8) is 0 Å².